The fourth-order valence-electron chi connectivity index (χ4n) is 5.44. The Labute approximate surface area is 180 Å². The Kier molecular flexibility index (Phi) is 5.90. The molecule has 2 aliphatic carbocycles. The SMILES string of the molecule is CC[C@@H]1C2=C(CC(C)(C)CC2=O)Nc2ccccc2N1CC(=O)NC1CCCCC1. The lowest BCUT2D eigenvalue weighted by atomic mass is 9.74. The number of benzene rings is 1. The van der Waals surface area contributed by atoms with E-state index in [-0.39, 0.29) is 29.7 Å². The molecule has 5 nitrogen and oxygen atoms in total. The Morgan fingerprint density at radius 2 is 1.90 bits per heavy atom. The second-order valence-electron chi connectivity index (χ2n) is 9.93. The van der Waals surface area contributed by atoms with Crippen molar-refractivity contribution < 1.29 is 9.59 Å². The van der Waals surface area contributed by atoms with Crippen molar-refractivity contribution in [3.05, 3.63) is 35.5 Å². The van der Waals surface area contributed by atoms with Crippen LogP contribution < -0.4 is 15.5 Å². The lowest BCUT2D eigenvalue weighted by molar-refractivity contribution is -0.121. The molecular formula is C25H35N3O2. The first-order valence-electron chi connectivity index (χ1n) is 11.6. The summed E-state index contributed by atoms with van der Waals surface area (Å²) in [5, 5.41) is 6.84. The number of Topliss-reactive ketones (excluding diaryl/α,β-unsaturated/α-hetero) is 1. The molecule has 0 spiro atoms. The van der Waals surface area contributed by atoms with E-state index in [1.54, 1.807) is 0 Å². The molecule has 0 bridgehead atoms. The molecule has 0 saturated heterocycles. The second-order valence-corrected chi connectivity index (χ2v) is 9.93. The van der Waals surface area contributed by atoms with Gasteiger partial charge in [0.15, 0.2) is 5.78 Å². The zero-order valence-corrected chi connectivity index (χ0v) is 18.6. The minimum Gasteiger partial charge on any atom is -0.357 e. The van der Waals surface area contributed by atoms with Crippen LogP contribution in [0.1, 0.15) is 72.1 Å². The molecule has 1 aliphatic heterocycles. The highest BCUT2D eigenvalue weighted by atomic mass is 16.2. The Morgan fingerprint density at radius 1 is 1.17 bits per heavy atom. The van der Waals surface area contributed by atoms with Gasteiger partial charge in [0.05, 0.1) is 24.0 Å². The highest BCUT2D eigenvalue weighted by Gasteiger charge is 2.40. The number of amides is 1. The third-order valence-electron chi connectivity index (χ3n) is 6.80. The Hall–Kier alpha value is -2.30. The molecule has 1 fully saturated rings. The first-order chi connectivity index (χ1) is 14.4. The fraction of sp³-hybridized carbons (Fsp3) is 0.600. The van der Waals surface area contributed by atoms with E-state index in [1.807, 2.05) is 12.1 Å². The molecule has 1 saturated carbocycles. The van der Waals surface area contributed by atoms with E-state index < -0.39 is 0 Å². The van der Waals surface area contributed by atoms with Crippen LogP contribution in [0.3, 0.4) is 0 Å². The van der Waals surface area contributed by atoms with Crippen LogP contribution in [-0.4, -0.2) is 30.3 Å². The molecule has 0 aromatic heterocycles. The average molecular weight is 410 g/mol. The van der Waals surface area contributed by atoms with Crippen LogP contribution in [0.15, 0.2) is 35.5 Å². The van der Waals surface area contributed by atoms with E-state index in [0.29, 0.717) is 12.5 Å². The van der Waals surface area contributed by atoms with Crippen molar-refractivity contribution in [3.63, 3.8) is 0 Å². The molecule has 4 rings (SSSR count). The molecule has 5 heteroatoms. The minimum atomic E-state index is -0.0862. The summed E-state index contributed by atoms with van der Waals surface area (Å²) in [6.45, 7) is 6.70. The van der Waals surface area contributed by atoms with Gasteiger partial charge in [-0.15, -0.1) is 0 Å². The van der Waals surface area contributed by atoms with E-state index in [2.05, 4.69) is 48.4 Å². The lowest BCUT2D eigenvalue weighted by Gasteiger charge is -2.37. The maximum atomic E-state index is 13.2. The highest BCUT2D eigenvalue weighted by molar-refractivity contribution is 6.01. The largest absolute Gasteiger partial charge is 0.357 e. The van der Waals surface area contributed by atoms with Gasteiger partial charge in [-0.05, 0) is 43.2 Å². The zero-order valence-electron chi connectivity index (χ0n) is 18.6. The number of para-hydroxylation sites is 2. The van der Waals surface area contributed by atoms with Gasteiger partial charge in [0.25, 0.3) is 0 Å². The normalized spacial score (nSPS) is 23.9. The van der Waals surface area contributed by atoms with Gasteiger partial charge in [0.2, 0.25) is 5.91 Å². The van der Waals surface area contributed by atoms with Crippen molar-refractivity contribution in [1.82, 2.24) is 5.32 Å². The topological polar surface area (TPSA) is 61.4 Å². The third-order valence-corrected chi connectivity index (χ3v) is 6.80. The Bertz CT molecular complexity index is 852. The van der Waals surface area contributed by atoms with Crippen LogP contribution in [-0.2, 0) is 9.59 Å². The van der Waals surface area contributed by atoms with Crippen molar-refractivity contribution >= 4 is 23.1 Å². The molecule has 1 atom stereocenters. The first kappa shape index (κ1) is 21.0. The predicted octanol–water partition coefficient (Wildman–Crippen LogP) is 4.79. The number of rotatable bonds is 4. The smallest absolute Gasteiger partial charge is 0.239 e. The first-order valence-corrected chi connectivity index (χ1v) is 11.6. The van der Waals surface area contributed by atoms with Crippen LogP contribution in [0.4, 0.5) is 11.4 Å². The molecule has 162 valence electrons. The number of carbonyl (C=O) groups excluding carboxylic acids is 2. The fourth-order valence-corrected chi connectivity index (χ4v) is 5.44. The molecule has 0 radical (unpaired) electrons. The summed E-state index contributed by atoms with van der Waals surface area (Å²) in [6, 6.07) is 8.34. The summed E-state index contributed by atoms with van der Waals surface area (Å²) >= 11 is 0. The molecule has 3 aliphatic rings. The summed E-state index contributed by atoms with van der Waals surface area (Å²) in [7, 11) is 0. The van der Waals surface area contributed by atoms with E-state index in [1.165, 1.54) is 19.3 Å². The minimum absolute atomic E-state index is 0.0519. The van der Waals surface area contributed by atoms with Gasteiger partial charge in [-0.25, -0.2) is 0 Å². The van der Waals surface area contributed by atoms with Gasteiger partial charge in [-0.1, -0.05) is 52.2 Å². The summed E-state index contributed by atoms with van der Waals surface area (Å²) < 4.78 is 0. The van der Waals surface area contributed by atoms with Crippen molar-refractivity contribution in [2.24, 2.45) is 5.41 Å². The molecule has 2 N–H and O–H groups in total. The number of hydrogen-bond acceptors (Lipinski definition) is 4. The van der Waals surface area contributed by atoms with Gasteiger partial charge in [0.1, 0.15) is 0 Å². The van der Waals surface area contributed by atoms with Gasteiger partial charge in [-0.2, -0.15) is 0 Å². The van der Waals surface area contributed by atoms with Crippen molar-refractivity contribution in [2.45, 2.75) is 84.2 Å². The van der Waals surface area contributed by atoms with Gasteiger partial charge >= 0.3 is 0 Å². The number of anilines is 2. The molecule has 1 aromatic rings. The Morgan fingerprint density at radius 3 is 2.63 bits per heavy atom. The quantitative estimate of drug-likeness (QED) is 0.751. The number of hydrogen-bond donors (Lipinski definition) is 2. The molecule has 1 heterocycles. The van der Waals surface area contributed by atoms with Crippen molar-refractivity contribution in [1.29, 1.82) is 0 Å². The van der Waals surface area contributed by atoms with Gasteiger partial charge in [0, 0.05) is 23.7 Å². The molecule has 30 heavy (non-hydrogen) atoms. The number of allylic oxidation sites excluding steroid dienone is 1. The zero-order chi connectivity index (χ0) is 21.3. The van der Waals surface area contributed by atoms with Crippen LogP contribution in [0.25, 0.3) is 0 Å². The molecular weight excluding hydrogens is 374 g/mol. The number of fused-ring (bicyclic) bond motifs is 1. The lowest BCUT2D eigenvalue weighted by Crippen LogP contribution is -2.48. The summed E-state index contributed by atoms with van der Waals surface area (Å²) in [5.74, 6) is 0.272. The third kappa shape index (κ3) is 4.26. The van der Waals surface area contributed by atoms with E-state index in [4.69, 9.17) is 0 Å². The van der Waals surface area contributed by atoms with E-state index in [0.717, 1.165) is 48.3 Å². The predicted molar refractivity (Wildman–Crippen MR) is 122 cm³/mol. The Balaban J connectivity index is 1.66. The monoisotopic (exact) mass is 409 g/mol. The summed E-state index contributed by atoms with van der Waals surface area (Å²) in [5.41, 5.74) is 3.84. The molecule has 0 unspecified atom stereocenters. The van der Waals surface area contributed by atoms with Crippen molar-refractivity contribution in [3.8, 4) is 0 Å². The molecule has 1 aromatic carbocycles. The molecule has 1 amide bonds. The van der Waals surface area contributed by atoms with Gasteiger partial charge < -0.3 is 15.5 Å². The van der Waals surface area contributed by atoms with Crippen LogP contribution in [0.2, 0.25) is 0 Å². The maximum Gasteiger partial charge on any atom is 0.239 e. The number of ketones is 1. The van der Waals surface area contributed by atoms with Crippen LogP contribution in [0, 0.1) is 5.41 Å². The van der Waals surface area contributed by atoms with Crippen molar-refractivity contribution in [2.75, 3.05) is 16.8 Å². The number of nitrogens with one attached hydrogen (secondary N) is 2. The summed E-state index contributed by atoms with van der Waals surface area (Å²) in [4.78, 5) is 28.4. The standard InChI is InChI=1S/C25H35N3O2/c1-4-20-24-19(14-25(2,3)15-22(24)29)27-18-12-8-9-13-21(18)28(20)16-23(30)26-17-10-6-5-7-11-17/h8-9,12-13,17,20,27H,4-7,10-11,14-16H2,1-3H3,(H,26,30)/t20-/m1/s1. The average Bonchev–Trinajstić information content (AvgIpc) is 2.82. The number of nitrogens with zero attached hydrogens (tertiary/aromatic N) is 1. The van der Waals surface area contributed by atoms with E-state index >= 15 is 0 Å². The van der Waals surface area contributed by atoms with Gasteiger partial charge in [-0.3, -0.25) is 9.59 Å². The second kappa shape index (κ2) is 8.44. The summed E-state index contributed by atoms with van der Waals surface area (Å²) in [6.07, 6.45) is 8.00. The number of carbonyl (C=O) groups is 2. The van der Waals surface area contributed by atoms with Crippen LogP contribution in [0.5, 0.6) is 0 Å². The maximum absolute atomic E-state index is 13.2. The van der Waals surface area contributed by atoms with E-state index in [9.17, 15) is 9.59 Å². The van der Waals surface area contributed by atoms with Crippen LogP contribution >= 0.6 is 0 Å². The highest BCUT2D eigenvalue weighted by Crippen LogP contribution is 2.44.